The fourth-order valence-electron chi connectivity index (χ4n) is 4.18. The van der Waals surface area contributed by atoms with E-state index in [0.717, 1.165) is 95.6 Å². The molecule has 3 rings (SSSR count). The molecule has 1 aromatic heterocycles. The fraction of sp³-hybridized carbons (Fsp3) is 0.739. The third kappa shape index (κ3) is 8.55. The molecule has 0 bridgehead atoms. The van der Waals surface area contributed by atoms with Crippen molar-refractivity contribution in [2.24, 2.45) is 4.99 Å². The summed E-state index contributed by atoms with van der Waals surface area (Å²) in [5.74, 6) is 3.00. The largest absolute Gasteiger partial charge is 0.465 e. The maximum Gasteiger partial charge on any atom is 0.222 e. The van der Waals surface area contributed by atoms with Crippen LogP contribution in [0.1, 0.15) is 56.6 Å². The third-order valence-electron chi connectivity index (χ3n) is 5.91. The summed E-state index contributed by atoms with van der Waals surface area (Å²) in [5, 5.41) is 6.77. The molecule has 0 aliphatic carbocycles. The second kappa shape index (κ2) is 14.7. The summed E-state index contributed by atoms with van der Waals surface area (Å²) in [6, 6.07) is 4.17. The Hall–Kier alpha value is -1.33. The summed E-state index contributed by atoms with van der Waals surface area (Å²) in [4.78, 5) is 21.4. The van der Waals surface area contributed by atoms with Crippen molar-refractivity contribution >= 4 is 35.8 Å². The van der Waals surface area contributed by atoms with Gasteiger partial charge in [-0.1, -0.05) is 6.42 Å². The highest BCUT2D eigenvalue weighted by atomic mass is 127. The Kier molecular flexibility index (Phi) is 12.4. The van der Waals surface area contributed by atoms with E-state index < -0.39 is 0 Å². The smallest absolute Gasteiger partial charge is 0.222 e. The lowest BCUT2D eigenvalue weighted by Crippen LogP contribution is -2.42. The van der Waals surface area contributed by atoms with Crippen LogP contribution in [0.2, 0.25) is 0 Å². The van der Waals surface area contributed by atoms with Gasteiger partial charge in [-0.25, -0.2) is 0 Å². The second-order valence-electron chi connectivity index (χ2n) is 8.30. The van der Waals surface area contributed by atoms with Crippen LogP contribution in [0, 0.1) is 6.92 Å². The van der Waals surface area contributed by atoms with Crippen molar-refractivity contribution in [1.82, 2.24) is 20.4 Å². The minimum atomic E-state index is 0. The zero-order valence-corrected chi connectivity index (χ0v) is 21.9. The van der Waals surface area contributed by atoms with Gasteiger partial charge in [-0.15, -0.1) is 24.0 Å². The number of likely N-dealkylation sites (tertiary alicyclic amines) is 1. The number of morpholine rings is 1. The molecule has 1 aromatic rings. The van der Waals surface area contributed by atoms with E-state index in [2.05, 4.69) is 28.5 Å². The number of guanidine groups is 1. The number of hydrogen-bond acceptors (Lipinski definition) is 5. The molecule has 3 heterocycles. The van der Waals surface area contributed by atoms with Gasteiger partial charge in [-0.2, -0.15) is 0 Å². The van der Waals surface area contributed by atoms with Crippen LogP contribution in [0.25, 0.3) is 0 Å². The highest BCUT2D eigenvalue weighted by Crippen LogP contribution is 2.24. The Morgan fingerprint density at radius 3 is 2.69 bits per heavy atom. The van der Waals surface area contributed by atoms with Gasteiger partial charge in [0.1, 0.15) is 11.5 Å². The molecule has 0 spiro atoms. The summed E-state index contributed by atoms with van der Waals surface area (Å²) in [7, 11) is 0. The number of carbonyl (C=O) groups is 1. The number of rotatable bonds is 9. The van der Waals surface area contributed by atoms with Crippen molar-refractivity contribution in [2.45, 2.75) is 52.0 Å². The van der Waals surface area contributed by atoms with Crippen molar-refractivity contribution < 1.29 is 13.9 Å². The van der Waals surface area contributed by atoms with E-state index in [0.29, 0.717) is 18.9 Å². The van der Waals surface area contributed by atoms with Crippen molar-refractivity contribution in [2.75, 3.05) is 59.0 Å². The van der Waals surface area contributed by atoms with Crippen LogP contribution in [0.3, 0.4) is 0 Å². The van der Waals surface area contributed by atoms with Crippen LogP contribution in [-0.2, 0) is 9.53 Å². The van der Waals surface area contributed by atoms with Crippen LogP contribution in [0.4, 0.5) is 0 Å². The van der Waals surface area contributed by atoms with Gasteiger partial charge < -0.3 is 24.7 Å². The maximum absolute atomic E-state index is 12.2. The molecule has 2 aliphatic heterocycles. The van der Waals surface area contributed by atoms with Gasteiger partial charge in [-0.3, -0.25) is 14.7 Å². The van der Waals surface area contributed by atoms with E-state index in [-0.39, 0.29) is 30.0 Å². The summed E-state index contributed by atoms with van der Waals surface area (Å²) >= 11 is 0. The molecule has 1 amide bonds. The minimum absolute atomic E-state index is 0. The number of aliphatic imine (C=N–C) groups is 1. The molecule has 0 aromatic carbocycles. The Balaban J connectivity index is 0.00000363. The SMILES string of the molecule is CCNC(=NCC(c1ccc(C)o1)N1CCOCC1)NCCCN1CCCCCC1=O.I. The van der Waals surface area contributed by atoms with Gasteiger partial charge in [0.05, 0.1) is 25.8 Å². The Bertz CT molecular complexity index is 706. The quantitative estimate of drug-likeness (QED) is 0.209. The number of halogens is 1. The number of aryl methyl sites for hydroxylation is 1. The molecule has 182 valence electrons. The molecule has 8 nitrogen and oxygen atoms in total. The Morgan fingerprint density at radius 1 is 1.16 bits per heavy atom. The summed E-state index contributed by atoms with van der Waals surface area (Å²) in [6.07, 6.45) is 4.94. The number of hydrogen-bond donors (Lipinski definition) is 2. The van der Waals surface area contributed by atoms with Gasteiger partial charge in [0.25, 0.3) is 0 Å². The number of furan rings is 1. The number of carbonyl (C=O) groups excluding carboxylic acids is 1. The number of nitrogens with zero attached hydrogens (tertiary/aromatic N) is 3. The predicted molar refractivity (Wildman–Crippen MR) is 138 cm³/mol. The summed E-state index contributed by atoms with van der Waals surface area (Å²) in [6.45, 7) is 11.2. The second-order valence-corrected chi connectivity index (χ2v) is 8.30. The van der Waals surface area contributed by atoms with Crippen LogP contribution in [-0.4, -0.2) is 80.7 Å². The molecule has 2 fully saturated rings. The standard InChI is InChI=1S/C23H39N5O3.HI/c1-3-24-23(25-11-7-13-28-12-6-4-5-8-22(28)29)26-18-20(21-10-9-19(2)31-21)27-14-16-30-17-15-27;/h9-10,20H,3-8,11-18H2,1-2H3,(H2,24,25,26);1H. The normalized spacial score (nSPS) is 19.2. The van der Waals surface area contributed by atoms with Crippen molar-refractivity contribution in [3.05, 3.63) is 23.7 Å². The van der Waals surface area contributed by atoms with Gasteiger partial charge in [-0.05, 0) is 45.2 Å². The molecular formula is C23H40IN5O3. The van der Waals surface area contributed by atoms with Gasteiger partial charge >= 0.3 is 0 Å². The van der Waals surface area contributed by atoms with Gasteiger partial charge in [0.2, 0.25) is 5.91 Å². The van der Waals surface area contributed by atoms with Crippen LogP contribution < -0.4 is 10.6 Å². The lowest BCUT2D eigenvalue weighted by Gasteiger charge is -2.32. The van der Waals surface area contributed by atoms with Crippen LogP contribution >= 0.6 is 24.0 Å². The first kappa shape index (κ1) is 26.9. The topological polar surface area (TPSA) is 82.3 Å². The van der Waals surface area contributed by atoms with E-state index in [1.165, 1.54) is 0 Å². The Morgan fingerprint density at radius 2 is 1.97 bits per heavy atom. The monoisotopic (exact) mass is 561 g/mol. The molecule has 2 N–H and O–H groups in total. The van der Waals surface area contributed by atoms with Gasteiger partial charge in [0.15, 0.2) is 5.96 Å². The molecule has 1 atom stereocenters. The summed E-state index contributed by atoms with van der Waals surface area (Å²) in [5.41, 5.74) is 0. The fourth-order valence-corrected chi connectivity index (χ4v) is 4.18. The molecule has 2 saturated heterocycles. The molecule has 1 unspecified atom stereocenters. The predicted octanol–water partition coefficient (Wildman–Crippen LogP) is 2.93. The maximum atomic E-state index is 12.2. The van der Waals surface area contributed by atoms with E-state index in [9.17, 15) is 4.79 Å². The van der Waals surface area contributed by atoms with Crippen molar-refractivity contribution in [3.63, 3.8) is 0 Å². The molecule has 2 aliphatic rings. The van der Waals surface area contributed by atoms with Crippen LogP contribution in [0.15, 0.2) is 21.5 Å². The third-order valence-corrected chi connectivity index (χ3v) is 5.91. The molecular weight excluding hydrogens is 521 g/mol. The van der Waals surface area contributed by atoms with Crippen molar-refractivity contribution in [1.29, 1.82) is 0 Å². The summed E-state index contributed by atoms with van der Waals surface area (Å²) < 4.78 is 11.5. The van der Waals surface area contributed by atoms with E-state index in [1.54, 1.807) is 0 Å². The lowest BCUT2D eigenvalue weighted by molar-refractivity contribution is -0.130. The minimum Gasteiger partial charge on any atom is -0.465 e. The first-order chi connectivity index (χ1) is 15.2. The lowest BCUT2D eigenvalue weighted by atomic mass is 10.1. The zero-order chi connectivity index (χ0) is 21.9. The zero-order valence-electron chi connectivity index (χ0n) is 19.6. The average molecular weight is 562 g/mol. The number of nitrogens with one attached hydrogen (secondary N) is 2. The van der Waals surface area contributed by atoms with E-state index in [1.807, 2.05) is 17.9 Å². The number of amides is 1. The molecule has 0 saturated carbocycles. The molecule has 0 radical (unpaired) electrons. The first-order valence-electron chi connectivity index (χ1n) is 11.9. The van der Waals surface area contributed by atoms with Gasteiger partial charge in [0, 0.05) is 45.7 Å². The van der Waals surface area contributed by atoms with Crippen LogP contribution in [0.5, 0.6) is 0 Å². The molecule has 32 heavy (non-hydrogen) atoms. The highest BCUT2D eigenvalue weighted by Gasteiger charge is 2.25. The van der Waals surface area contributed by atoms with Crippen molar-refractivity contribution in [3.8, 4) is 0 Å². The van der Waals surface area contributed by atoms with E-state index in [4.69, 9.17) is 14.1 Å². The van der Waals surface area contributed by atoms with E-state index >= 15 is 0 Å². The molecule has 9 heteroatoms. The average Bonchev–Trinajstić information content (AvgIpc) is 3.10. The highest BCUT2D eigenvalue weighted by molar-refractivity contribution is 14.0. The Labute approximate surface area is 209 Å². The first-order valence-corrected chi connectivity index (χ1v) is 11.9. The number of ether oxygens (including phenoxy) is 1.